The van der Waals surface area contributed by atoms with E-state index in [0.29, 0.717) is 17.5 Å². The number of benzene rings is 1. The van der Waals surface area contributed by atoms with Crippen molar-refractivity contribution in [1.29, 1.82) is 0 Å². The van der Waals surface area contributed by atoms with Gasteiger partial charge >= 0.3 is 0 Å². The van der Waals surface area contributed by atoms with Crippen LogP contribution in [0.1, 0.15) is 29.8 Å². The Morgan fingerprint density at radius 3 is 2.65 bits per heavy atom. The van der Waals surface area contributed by atoms with Crippen LogP contribution in [0.4, 0.5) is 5.69 Å². The third-order valence-electron chi connectivity index (χ3n) is 4.05. The number of nitrogens with zero attached hydrogens (tertiary/aromatic N) is 4. The molecule has 0 spiro atoms. The Balaban J connectivity index is 1.61. The lowest BCUT2D eigenvalue weighted by molar-refractivity contribution is -0.115. The Labute approximate surface area is 156 Å². The Bertz CT molecular complexity index is 904. The SMILES string of the molecule is Cc1nn(C)c(C)c1NC(=O)[C@@H](C)Sc1nnc(Cc2ccccc2)o1. The van der Waals surface area contributed by atoms with Crippen molar-refractivity contribution in [2.24, 2.45) is 7.05 Å². The summed E-state index contributed by atoms with van der Waals surface area (Å²) in [5.74, 6) is 0.405. The summed E-state index contributed by atoms with van der Waals surface area (Å²) < 4.78 is 7.40. The number of carbonyl (C=O) groups excluding carboxylic acids is 1. The highest BCUT2D eigenvalue weighted by Gasteiger charge is 2.21. The molecule has 0 saturated heterocycles. The van der Waals surface area contributed by atoms with Crippen molar-refractivity contribution < 1.29 is 9.21 Å². The molecule has 0 saturated carbocycles. The summed E-state index contributed by atoms with van der Waals surface area (Å²) in [6, 6.07) is 9.91. The summed E-state index contributed by atoms with van der Waals surface area (Å²) >= 11 is 1.24. The highest BCUT2D eigenvalue weighted by atomic mass is 32.2. The molecule has 3 rings (SSSR count). The van der Waals surface area contributed by atoms with Gasteiger partial charge in [0.15, 0.2) is 0 Å². The van der Waals surface area contributed by atoms with E-state index in [1.54, 1.807) is 4.68 Å². The minimum atomic E-state index is -0.376. The smallest absolute Gasteiger partial charge is 0.277 e. The standard InChI is InChI=1S/C18H21N5O2S/c1-11-16(12(2)23(4)22-11)19-17(24)13(3)26-18-21-20-15(25-18)10-14-8-6-5-7-9-14/h5-9,13H,10H2,1-4H3,(H,19,24)/t13-/m1/s1. The molecule has 2 aromatic heterocycles. The lowest BCUT2D eigenvalue weighted by Crippen LogP contribution is -2.23. The Hall–Kier alpha value is -2.61. The Kier molecular flexibility index (Phi) is 5.41. The highest BCUT2D eigenvalue weighted by molar-refractivity contribution is 8.00. The maximum Gasteiger partial charge on any atom is 0.277 e. The number of nitrogens with one attached hydrogen (secondary N) is 1. The van der Waals surface area contributed by atoms with Gasteiger partial charge < -0.3 is 9.73 Å². The molecule has 0 fully saturated rings. The Morgan fingerprint density at radius 1 is 1.27 bits per heavy atom. The van der Waals surface area contributed by atoms with Gasteiger partial charge in [-0.1, -0.05) is 42.1 Å². The molecule has 7 nitrogen and oxygen atoms in total. The third kappa shape index (κ3) is 4.13. The molecule has 1 atom stereocenters. The number of hydrogen-bond donors (Lipinski definition) is 1. The molecule has 136 valence electrons. The minimum Gasteiger partial charge on any atom is -0.416 e. The largest absolute Gasteiger partial charge is 0.416 e. The number of amides is 1. The second-order valence-electron chi connectivity index (χ2n) is 6.04. The zero-order valence-electron chi connectivity index (χ0n) is 15.2. The zero-order valence-corrected chi connectivity index (χ0v) is 16.0. The lowest BCUT2D eigenvalue weighted by Gasteiger charge is -2.10. The van der Waals surface area contributed by atoms with Crippen molar-refractivity contribution in [3.8, 4) is 0 Å². The third-order valence-corrected chi connectivity index (χ3v) is 4.98. The van der Waals surface area contributed by atoms with Crippen LogP contribution in [0.2, 0.25) is 0 Å². The van der Waals surface area contributed by atoms with Gasteiger partial charge in [-0.3, -0.25) is 9.48 Å². The van der Waals surface area contributed by atoms with Crippen LogP contribution in [-0.2, 0) is 18.3 Å². The summed E-state index contributed by atoms with van der Waals surface area (Å²) in [7, 11) is 1.85. The first-order valence-electron chi connectivity index (χ1n) is 8.28. The molecule has 0 aliphatic rings. The van der Waals surface area contributed by atoms with Gasteiger partial charge in [0.25, 0.3) is 5.22 Å². The summed E-state index contributed by atoms with van der Waals surface area (Å²) in [5.41, 5.74) is 3.55. The van der Waals surface area contributed by atoms with Crippen LogP contribution in [0.15, 0.2) is 40.0 Å². The van der Waals surface area contributed by atoms with E-state index in [1.165, 1.54) is 11.8 Å². The molecule has 8 heteroatoms. The van der Waals surface area contributed by atoms with Crippen LogP contribution in [0.5, 0.6) is 0 Å². The predicted molar refractivity (Wildman–Crippen MR) is 100 cm³/mol. The second-order valence-corrected chi connectivity index (χ2v) is 7.33. The van der Waals surface area contributed by atoms with Crippen LogP contribution >= 0.6 is 11.8 Å². The molecule has 0 aliphatic carbocycles. The van der Waals surface area contributed by atoms with E-state index in [-0.39, 0.29) is 11.2 Å². The number of anilines is 1. The molecule has 3 aromatic rings. The number of aromatic nitrogens is 4. The maximum atomic E-state index is 12.5. The first-order chi connectivity index (χ1) is 12.4. The molecule has 2 heterocycles. The highest BCUT2D eigenvalue weighted by Crippen LogP contribution is 2.25. The normalized spacial score (nSPS) is 12.2. The van der Waals surface area contributed by atoms with Crippen LogP contribution < -0.4 is 5.32 Å². The molecule has 26 heavy (non-hydrogen) atoms. The monoisotopic (exact) mass is 371 g/mol. The quantitative estimate of drug-likeness (QED) is 0.670. The van der Waals surface area contributed by atoms with Gasteiger partial charge in [-0.15, -0.1) is 10.2 Å². The molecule has 0 radical (unpaired) electrons. The molecule has 1 amide bonds. The van der Waals surface area contributed by atoms with Gasteiger partial charge in [0.05, 0.1) is 28.7 Å². The minimum absolute atomic E-state index is 0.128. The summed E-state index contributed by atoms with van der Waals surface area (Å²) in [6.07, 6.45) is 0.572. The van der Waals surface area contributed by atoms with Crippen molar-refractivity contribution in [2.75, 3.05) is 5.32 Å². The van der Waals surface area contributed by atoms with Gasteiger partial charge in [0.1, 0.15) is 0 Å². The van der Waals surface area contributed by atoms with E-state index in [9.17, 15) is 4.79 Å². The lowest BCUT2D eigenvalue weighted by atomic mass is 10.2. The van der Waals surface area contributed by atoms with Gasteiger partial charge in [0, 0.05) is 7.05 Å². The van der Waals surface area contributed by atoms with E-state index in [4.69, 9.17) is 4.42 Å². The van der Waals surface area contributed by atoms with E-state index in [1.807, 2.05) is 58.2 Å². The van der Waals surface area contributed by atoms with E-state index >= 15 is 0 Å². The van der Waals surface area contributed by atoms with Crippen LogP contribution in [-0.4, -0.2) is 31.1 Å². The number of carbonyl (C=O) groups is 1. The second kappa shape index (κ2) is 7.74. The van der Waals surface area contributed by atoms with Crippen molar-refractivity contribution in [3.63, 3.8) is 0 Å². The average Bonchev–Trinajstić information content (AvgIpc) is 3.15. The summed E-state index contributed by atoms with van der Waals surface area (Å²) in [5, 5.41) is 15.3. The topological polar surface area (TPSA) is 85.8 Å². The summed E-state index contributed by atoms with van der Waals surface area (Å²) in [6.45, 7) is 5.59. The van der Waals surface area contributed by atoms with Gasteiger partial charge in [-0.25, -0.2) is 0 Å². The Morgan fingerprint density at radius 2 is 2.00 bits per heavy atom. The number of aryl methyl sites for hydroxylation is 2. The molecule has 1 N–H and O–H groups in total. The van der Waals surface area contributed by atoms with Crippen molar-refractivity contribution >= 4 is 23.4 Å². The summed E-state index contributed by atoms with van der Waals surface area (Å²) in [4.78, 5) is 12.5. The first-order valence-corrected chi connectivity index (χ1v) is 9.16. The van der Waals surface area contributed by atoms with Gasteiger partial charge in [0.2, 0.25) is 11.8 Å². The van der Waals surface area contributed by atoms with Gasteiger partial charge in [-0.2, -0.15) is 5.10 Å². The molecular formula is C18H21N5O2S. The maximum absolute atomic E-state index is 12.5. The predicted octanol–water partition coefficient (Wildman–Crippen LogP) is 3.13. The molecular weight excluding hydrogens is 350 g/mol. The molecule has 0 aliphatic heterocycles. The number of hydrogen-bond acceptors (Lipinski definition) is 6. The van der Waals surface area contributed by atoms with E-state index in [0.717, 1.165) is 22.6 Å². The van der Waals surface area contributed by atoms with Crippen molar-refractivity contribution in [3.05, 3.63) is 53.2 Å². The molecule has 1 aromatic carbocycles. The van der Waals surface area contributed by atoms with E-state index < -0.39 is 0 Å². The van der Waals surface area contributed by atoms with Crippen LogP contribution in [0.3, 0.4) is 0 Å². The van der Waals surface area contributed by atoms with Crippen molar-refractivity contribution in [1.82, 2.24) is 20.0 Å². The molecule has 0 unspecified atom stereocenters. The number of rotatable bonds is 6. The van der Waals surface area contributed by atoms with Crippen molar-refractivity contribution in [2.45, 2.75) is 37.7 Å². The zero-order chi connectivity index (χ0) is 18.7. The average molecular weight is 371 g/mol. The fourth-order valence-corrected chi connectivity index (χ4v) is 3.21. The fourth-order valence-electron chi connectivity index (χ4n) is 2.51. The first kappa shape index (κ1) is 18.2. The number of thioether (sulfide) groups is 1. The molecule has 0 bridgehead atoms. The van der Waals surface area contributed by atoms with E-state index in [2.05, 4.69) is 20.6 Å². The van der Waals surface area contributed by atoms with Gasteiger partial charge in [-0.05, 0) is 26.3 Å². The fraction of sp³-hybridized carbons (Fsp3) is 0.333. The van der Waals surface area contributed by atoms with Crippen LogP contribution in [0.25, 0.3) is 0 Å². The van der Waals surface area contributed by atoms with Crippen LogP contribution in [0, 0.1) is 13.8 Å².